The van der Waals surface area contributed by atoms with Crippen LogP contribution in [0.1, 0.15) is 16.9 Å². The van der Waals surface area contributed by atoms with Gasteiger partial charge in [0.25, 0.3) is 0 Å². The van der Waals surface area contributed by atoms with Gasteiger partial charge in [-0.3, -0.25) is 0 Å². The Hall–Kier alpha value is -1.58. The Kier molecular flexibility index (Phi) is 5.19. The first-order valence-corrected chi connectivity index (χ1v) is 6.71. The third kappa shape index (κ3) is 4.89. The maximum atomic E-state index is 5.27. The van der Waals surface area contributed by atoms with Crippen LogP contribution in [0.15, 0.2) is 47.1 Å². The SMILES string of the molecule is Cc1ccc(CN(C)CCNCc2ccco2)cc1. The molecule has 0 spiro atoms. The number of nitrogens with one attached hydrogen (secondary N) is 1. The van der Waals surface area contributed by atoms with Crippen LogP contribution in [0.25, 0.3) is 0 Å². The molecule has 3 heteroatoms. The van der Waals surface area contributed by atoms with Crippen LogP contribution in [0.5, 0.6) is 0 Å². The maximum Gasteiger partial charge on any atom is 0.117 e. The molecule has 0 atom stereocenters. The molecular formula is C16H22N2O. The van der Waals surface area contributed by atoms with Crippen molar-refractivity contribution in [1.82, 2.24) is 10.2 Å². The Morgan fingerprint density at radius 2 is 1.95 bits per heavy atom. The zero-order valence-corrected chi connectivity index (χ0v) is 11.7. The Morgan fingerprint density at radius 3 is 2.63 bits per heavy atom. The molecule has 0 bridgehead atoms. The Bertz CT molecular complexity index is 462. The number of hydrogen-bond donors (Lipinski definition) is 1. The number of furan rings is 1. The summed E-state index contributed by atoms with van der Waals surface area (Å²) >= 11 is 0. The zero-order valence-electron chi connectivity index (χ0n) is 11.7. The molecule has 0 amide bonds. The lowest BCUT2D eigenvalue weighted by atomic mass is 10.1. The first-order chi connectivity index (χ1) is 9.24. The predicted molar refractivity (Wildman–Crippen MR) is 77.9 cm³/mol. The van der Waals surface area contributed by atoms with Crippen LogP contribution in [0.3, 0.4) is 0 Å². The molecule has 0 aliphatic heterocycles. The molecule has 2 aromatic rings. The van der Waals surface area contributed by atoms with Gasteiger partial charge in [0, 0.05) is 19.6 Å². The molecule has 0 unspecified atom stereocenters. The van der Waals surface area contributed by atoms with Gasteiger partial charge in [0.1, 0.15) is 5.76 Å². The summed E-state index contributed by atoms with van der Waals surface area (Å²) in [6, 6.07) is 12.6. The third-order valence-electron chi connectivity index (χ3n) is 3.12. The van der Waals surface area contributed by atoms with E-state index in [2.05, 4.69) is 48.5 Å². The molecule has 3 nitrogen and oxygen atoms in total. The average Bonchev–Trinajstić information content (AvgIpc) is 2.91. The van der Waals surface area contributed by atoms with Gasteiger partial charge < -0.3 is 14.6 Å². The van der Waals surface area contributed by atoms with Crippen molar-refractivity contribution in [3.8, 4) is 0 Å². The van der Waals surface area contributed by atoms with Gasteiger partial charge in [-0.25, -0.2) is 0 Å². The Labute approximate surface area is 115 Å². The molecule has 0 fully saturated rings. The molecule has 0 radical (unpaired) electrons. The molecule has 1 aromatic heterocycles. The lowest BCUT2D eigenvalue weighted by Gasteiger charge is -2.17. The summed E-state index contributed by atoms with van der Waals surface area (Å²) in [6.07, 6.45) is 1.71. The van der Waals surface area contributed by atoms with Crippen LogP contribution in [0.2, 0.25) is 0 Å². The summed E-state index contributed by atoms with van der Waals surface area (Å²) in [6.45, 7) is 5.89. The van der Waals surface area contributed by atoms with E-state index in [1.54, 1.807) is 6.26 Å². The number of hydrogen-bond acceptors (Lipinski definition) is 3. The highest BCUT2D eigenvalue weighted by Gasteiger charge is 2.00. The van der Waals surface area contributed by atoms with Gasteiger partial charge in [0.15, 0.2) is 0 Å². The number of benzene rings is 1. The van der Waals surface area contributed by atoms with Gasteiger partial charge in [0.05, 0.1) is 12.8 Å². The van der Waals surface area contributed by atoms with E-state index in [1.807, 2.05) is 12.1 Å². The van der Waals surface area contributed by atoms with Crippen molar-refractivity contribution in [2.24, 2.45) is 0 Å². The quantitative estimate of drug-likeness (QED) is 0.774. The molecule has 0 saturated carbocycles. The van der Waals surface area contributed by atoms with E-state index in [0.717, 1.165) is 31.9 Å². The number of likely N-dealkylation sites (N-methyl/N-ethyl adjacent to an activating group) is 1. The maximum absolute atomic E-state index is 5.27. The van der Waals surface area contributed by atoms with Gasteiger partial charge in [-0.1, -0.05) is 29.8 Å². The minimum absolute atomic E-state index is 0.797. The molecule has 1 N–H and O–H groups in total. The summed E-state index contributed by atoms with van der Waals surface area (Å²) in [5.74, 6) is 0.987. The van der Waals surface area contributed by atoms with Gasteiger partial charge in [-0.2, -0.15) is 0 Å². The summed E-state index contributed by atoms with van der Waals surface area (Å²) in [4.78, 5) is 2.32. The van der Waals surface area contributed by atoms with Crippen molar-refractivity contribution in [1.29, 1.82) is 0 Å². The molecular weight excluding hydrogens is 236 g/mol. The van der Waals surface area contributed by atoms with Crippen LogP contribution in [-0.4, -0.2) is 25.0 Å². The van der Waals surface area contributed by atoms with E-state index < -0.39 is 0 Å². The Balaban J connectivity index is 1.64. The van der Waals surface area contributed by atoms with Crippen LogP contribution in [0.4, 0.5) is 0 Å². The number of rotatable bonds is 7. The lowest BCUT2D eigenvalue weighted by Crippen LogP contribution is -2.28. The predicted octanol–water partition coefficient (Wildman–Crippen LogP) is 2.81. The second-order valence-electron chi connectivity index (χ2n) is 4.98. The van der Waals surface area contributed by atoms with Crippen LogP contribution >= 0.6 is 0 Å². The van der Waals surface area contributed by atoms with Crippen LogP contribution in [-0.2, 0) is 13.1 Å². The topological polar surface area (TPSA) is 28.4 Å². The van der Waals surface area contributed by atoms with Crippen molar-refractivity contribution < 1.29 is 4.42 Å². The number of nitrogens with zero attached hydrogens (tertiary/aromatic N) is 1. The standard InChI is InChI=1S/C16H22N2O/c1-14-5-7-15(8-6-14)13-18(2)10-9-17-12-16-4-3-11-19-16/h3-8,11,17H,9-10,12-13H2,1-2H3. The highest BCUT2D eigenvalue weighted by Crippen LogP contribution is 2.05. The van der Waals surface area contributed by atoms with Crippen molar-refractivity contribution >= 4 is 0 Å². The van der Waals surface area contributed by atoms with E-state index in [0.29, 0.717) is 0 Å². The fourth-order valence-electron chi connectivity index (χ4n) is 1.98. The molecule has 1 heterocycles. The molecule has 0 aliphatic carbocycles. The summed E-state index contributed by atoms with van der Waals surface area (Å²) < 4.78 is 5.27. The molecule has 0 aliphatic rings. The molecule has 2 rings (SSSR count). The van der Waals surface area contributed by atoms with Crippen molar-refractivity contribution in [2.75, 3.05) is 20.1 Å². The third-order valence-corrected chi connectivity index (χ3v) is 3.12. The summed E-state index contributed by atoms with van der Waals surface area (Å²) in [7, 11) is 2.15. The van der Waals surface area contributed by atoms with E-state index in [4.69, 9.17) is 4.42 Å². The molecule has 19 heavy (non-hydrogen) atoms. The largest absolute Gasteiger partial charge is 0.468 e. The van der Waals surface area contributed by atoms with Crippen LogP contribution < -0.4 is 5.32 Å². The fraction of sp³-hybridized carbons (Fsp3) is 0.375. The van der Waals surface area contributed by atoms with E-state index in [1.165, 1.54) is 11.1 Å². The molecule has 0 saturated heterocycles. The minimum Gasteiger partial charge on any atom is -0.468 e. The first-order valence-electron chi connectivity index (χ1n) is 6.71. The Morgan fingerprint density at radius 1 is 1.16 bits per heavy atom. The smallest absolute Gasteiger partial charge is 0.117 e. The summed E-state index contributed by atoms with van der Waals surface area (Å²) in [5.41, 5.74) is 2.67. The molecule has 1 aromatic carbocycles. The van der Waals surface area contributed by atoms with Gasteiger partial charge in [-0.05, 0) is 31.7 Å². The van der Waals surface area contributed by atoms with Gasteiger partial charge in [-0.15, -0.1) is 0 Å². The second-order valence-corrected chi connectivity index (χ2v) is 4.98. The molecule has 102 valence electrons. The lowest BCUT2D eigenvalue weighted by molar-refractivity contribution is 0.321. The van der Waals surface area contributed by atoms with Gasteiger partial charge in [0.2, 0.25) is 0 Å². The van der Waals surface area contributed by atoms with E-state index >= 15 is 0 Å². The highest BCUT2D eigenvalue weighted by atomic mass is 16.3. The van der Waals surface area contributed by atoms with Crippen molar-refractivity contribution in [3.05, 3.63) is 59.5 Å². The van der Waals surface area contributed by atoms with E-state index in [9.17, 15) is 0 Å². The fourth-order valence-corrected chi connectivity index (χ4v) is 1.98. The monoisotopic (exact) mass is 258 g/mol. The second kappa shape index (κ2) is 7.12. The first kappa shape index (κ1) is 13.8. The van der Waals surface area contributed by atoms with Gasteiger partial charge >= 0.3 is 0 Å². The summed E-state index contributed by atoms with van der Waals surface area (Å²) in [5, 5.41) is 3.38. The van der Waals surface area contributed by atoms with Crippen molar-refractivity contribution in [2.45, 2.75) is 20.0 Å². The zero-order chi connectivity index (χ0) is 13.5. The normalized spacial score (nSPS) is 11.1. The highest BCUT2D eigenvalue weighted by molar-refractivity contribution is 5.21. The average molecular weight is 258 g/mol. The van der Waals surface area contributed by atoms with Crippen molar-refractivity contribution in [3.63, 3.8) is 0 Å². The number of aryl methyl sites for hydroxylation is 1. The van der Waals surface area contributed by atoms with Crippen LogP contribution in [0, 0.1) is 6.92 Å². The van der Waals surface area contributed by atoms with E-state index in [-0.39, 0.29) is 0 Å². The minimum atomic E-state index is 0.797.